The second-order valence-electron chi connectivity index (χ2n) is 2.29. The van der Waals surface area contributed by atoms with Crippen LogP contribution in [0.2, 0.25) is 0 Å². The third-order valence-electron chi connectivity index (χ3n) is 1.25. The summed E-state index contributed by atoms with van der Waals surface area (Å²) in [4.78, 5) is 22.6. The number of hydrogen-bond donors (Lipinski definition) is 2. The van der Waals surface area contributed by atoms with Crippen molar-refractivity contribution in [3.05, 3.63) is 0 Å². The van der Waals surface area contributed by atoms with E-state index in [2.05, 4.69) is 42.5 Å². The van der Waals surface area contributed by atoms with E-state index in [1.54, 1.807) is 13.8 Å². The lowest BCUT2D eigenvalue weighted by Crippen LogP contribution is -2.48. The van der Waals surface area contributed by atoms with Gasteiger partial charge in [0.1, 0.15) is 0 Å². The molecule has 0 bridgehead atoms. The lowest BCUT2D eigenvalue weighted by molar-refractivity contribution is -0.129. The van der Waals surface area contributed by atoms with Crippen LogP contribution < -0.4 is 10.6 Å². The van der Waals surface area contributed by atoms with Crippen LogP contribution in [0.1, 0.15) is 13.8 Å². The normalized spacial score (nSPS) is 10.8. The first-order valence-corrected chi connectivity index (χ1v) is 5.49. The van der Waals surface area contributed by atoms with Crippen LogP contribution in [0.25, 0.3) is 0 Å². The van der Waals surface area contributed by atoms with Gasteiger partial charge < -0.3 is 10.6 Å². The van der Waals surface area contributed by atoms with E-state index in [-0.39, 0.29) is 0 Å². The second kappa shape index (κ2) is 5.59. The molecule has 4 nitrogen and oxygen atoms in total. The van der Waals surface area contributed by atoms with Crippen LogP contribution in [0.3, 0.4) is 0 Å². The van der Waals surface area contributed by atoms with Crippen LogP contribution in [0.5, 0.6) is 0 Å². The van der Waals surface area contributed by atoms with Gasteiger partial charge in [0.05, 0.1) is 0 Å². The van der Waals surface area contributed by atoms with Gasteiger partial charge in [0.2, 0.25) is 3.23 Å². The fourth-order valence-electron chi connectivity index (χ4n) is 0.646. The maximum absolute atomic E-state index is 11.3. The Labute approximate surface area is 94.1 Å². The third-order valence-corrected chi connectivity index (χ3v) is 2.69. The number of alkyl halides is 2. The van der Waals surface area contributed by atoms with Crippen molar-refractivity contribution in [2.24, 2.45) is 0 Å². The minimum atomic E-state index is -1.36. The van der Waals surface area contributed by atoms with Crippen molar-refractivity contribution in [1.82, 2.24) is 10.6 Å². The number of carbonyl (C=O) groups is 2. The Hall–Kier alpha value is -0.100. The highest BCUT2D eigenvalue weighted by Gasteiger charge is 2.40. The summed E-state index contributed by atoms with van der Waals surface area (Å²) in [7, 11) is 0. The van der Waals surface area contributed by atoms with E-state index in [1.807, 2.05) is 0 Å². The van der Waals surface area contributed by atoms with Gasteiger partial charge in [-0.3, -0.25) is 9.59 Å². The molecule has 0 saturated heterocycles. The molecule has 0 aliphatic carbocycles. The summed E-state index contributed by atoms with van der Waals surface area (Å²) in [6, 6.07) is 0. The zero-order chi connectivity index (χ0) is 10.5. The van der Waals surface area contributed by atoms with Crippen LogP contribution in [0.15, 0.2) is 0 Å². The van der Waals surface area contributed by atoms with Gasteiger partial charge in [-0.2, -0.15) is 0 Å². The number of carbonyl (C=O) groups excluding carboxylic acids is 2. The second-order valence-corrected chi connectivity index (χ2v) is 5.74. The smallest absolute Gasteiger partial charge is 0.257 e. The average Bonchev–Trinajstić information content (AvgIpc) is 2.05. The molecule has 2 amide bonds. The van der Waals surface area contributed by atoms with Crippen LogP contribution in [0, 0.1) is 0 Å². The van der Waals surface area contributed by atoms with Gasteiger partial charge >= 0.3 is 0 Å². The quantitative estimate of drug-likeness (QED) is 0.594. The minimum absolute atomic E-state index is 0.402. The van der Waals surface area contributed by atoms with Gasteiger partial charge in [-0.25, -0.2) is 0 Å². The van der Waals surface area contributed by atoms with E-state index < -0.39 is 15.0 Å². The molecule has 0 rings (SSSR count). The zero-order valence-corrected chi connectivity index (χ0v) is 10.7. The van der Waals surface area contributed by atoms with Crippen LogP contribution in [-0.2, 0) is 9.59 Å². The summed E-state index contributed by atoms with van der Waals surface area (Å²) in [5, 5.41) is 5.06. The standard InChI is InChI=1S/C7H12Br2N2O2/c1-3-10-5(12)7(8,9)6(13)11-4-2/h3-4H2,1-2H3,(H,10,12)(H,11,13). The summed E-state index contributed by atoms with van der Waals surface area (Å²) < 4.78 is -1.36. The molecule has 0 atom stereocenters. The van der Waals surface area contributed by atoms with Crippen LogP contribution in [-0.4, -0.2) is 28.1 Å². The molecule has 13 heavy (non-hydrogen) atoms. The topological polar surface area (TPSA) is 58.2 Å². The highest BCUT2D eigenvalue weighted by Crippen LogP contribution is 2.26. The summed E-state index contributed by atoms with van der Waals surface area (Å²) >= 11 is 6.01. The fraction of sp³-hybridized carbons (Fsp3) is 0.714. The molecule has 0 radical (unpaired) electrons. The van der Waals surface area contributed by atoms with Crippen molar-refractivity contribution in [2.45, 2.75) is 17.1 Å². The van der Waals surface area contributed by atoms with E-state index in [1.165, 1.54) is 0 Å². The zero-order valence-electron chi connectivity index (χ0n) is 7.49. The van der Waals surface area contributed by atoms with E-state index in [9.17, 15) is 9.59 Å². The van der Waals surface area contributed by atoms with Crippen molar-refractivity contribution in [2.75, 3.05) is 13.1 Å². The minimum Gasteiger partial charge on any atom is -0.354 e. The Bertz CT molecular complexity index is 187. The molecule has 0 aliphatic heterocycles. The number of rotatable bonds is 4. The maximum atomic E-state index is 11.3. The molecule has 0 fully saturated rings. The molecule has 0 saturated carbocycles. The molecule has 76 valence electrons. The number of nitrogens with one attached hydrogen (secondary N) is 2. The monoisotopic (exact) mass is 314 g/mol. The summed E-state index contributed by atoms with van der Waals surface area (Å²) in [5.41, 5.74) is 0. The predicted molar refractivity (Wildman–Crippen MR) is 58.0 cm³/mol. The lowest BCUT2D eigenvalue weighted by Gasteiger charge is -2.17. The van der Waals surface area contributed by atoms with Gasteiger partial charge in [0.15, 0.2) is 0 Å². The molecule has 0 aromatic carbocycles. The molecule has 2 N–H and O–H groups in total. The highest BCUT2D eigenvalue weighted by atomic mass is 79.9. The largest absolute Gasteiger partial charge is 0.354 e. The molecular weight excluding hydrogens is 304 g/mol. The van der Waals surface area contributed by atoms with Crippen molar-refractivity contribution >= 4 is 43.7 Å². The van der Waals surface area contributed by atoms with Crippen molar-refractivity contribution in [1.29, 1.82) is 0 Å². The third kappa shape index (κ3) is 3.64. The Kier molecular flexibility index (Phi) is 5.55. The lowest BCUT2D eigenvalue weighted by atomic mass is 10.3. The summed E-state index contributed by atoms with van der Waals surface area (Å²) in [6.07, 6.45) is 0. The average molecular weight is 316 g/mol. The molecular formula is C7H12Br2N2O2. The summed E-state index contributed by atoms with van der Waals surface area (Å²) in [6.45, 7) is 4.53. The molecule has 0 unspecified atom stereocenters. The van der Waals surface area contributed by atoms with Gasteiger partial charge in [0, 0.05) is 13.1 Å². The van der Waals surface area contributed by atoms with Gasteiger partial charge in [-0.1, -0.05) is 31.9 Å². The number of amides is 2. The van der Waals surface area contributed by atoms with E-state index in [0.717, 1.165) is 0 Å². The van der Waals surface area contributed by atoms with Gasteiger partial charge in [-0.05, 0) is 13.8 Å². The van der Waals surface area contributed by atoms with Gasteiger partial charge in [-0.15, -0.1) is 0 Å². The maximum Gasteiger partial charge on any atom is 0.257 e. The van der Waals surface area contributed by atoms with Gasteiger partial charge in [0.25, 0.3) is 11.8 Å². The fourth-order valence-corrected chi connectivity index (χ4v) is 1.21. The Balaban J connectivity index is 4.36. The van der Waals surface area contributed by atoms with Crippen molar-refractivity contribution in [3.63, 3.8) is 0 Å². The van der Waals surface area contributed by atoms with E-state index >= 15 is 0 Å². The molecule has 0 spiro atoms. The molecule has 0 aromatic rings. The highest BCUT2D eigenvalue weighted by molar-refractivity contribution is 9.26. The van der Waals surface area contributed by atoms with Crippen LogP contribution >= 0.6 is 31.9 Å². The Morgan fingerprint density at radius 2 is 1.38 bits per heavy atom. The van der Waals surface area contributed by atoms with E-state index in [0.29, 0.717) is 13.1 Å². The van der Waals surface area contributed by atoms with Crippen molar-refractivity contribution in [3.8, 4) is 0 Å². The first kappa shape index (κ1) is 12.9. The number of halogens is 2. The molecule has 6 heteroatoms. The summed E-state index contributed by atoms with van der Waals surface area (Å²) in [5.74, 6) is -0.804. The van der Waals surface area contributed by atoms with Crippen molar-refractivity contribution < 1.29 is 9.59 Å². The molecule has 0 aromatic heterocycles. The van der Waals surface area contributed by atoms with E-state index in [4.69, 9.17) is 0 Å². The molecule has 0 heterocycles. The first-order valence-electron chi connectivity index (χ1n) is 3.91. The Morgan fingerprint density at radius 3 is 1.62 bits per heavy atom. The predicted octanol–water partition coefficient (Wildman–Crippen LogP) is 0.745. The first-order chi connectivity index (χ1) is 5.96. The number of hydrogen-bond acceptors (Lipinski definition) is 2. The SMILES string of the molecule is CCNC(=O)C(Br)(Br)C(=O)NCC. The van der Waals surface area contributed by atoms with Crippen LogP contribution in [0.4, 0.5) is 0 Å². The molecule has 0 aliphatic rings. The Morgan fingerprint density at radius 1 is 1.08 bits per heavy atom.